The molecule has 1 atom stereocenters. The smallest absolute Gasteiger partial charge is 0.275 e. The van der Waals surface area contributed by atoms with Gasteiger partial charge in [-0.15, -0.1) is 0 Å². The Morgan fingerprint density at radius 2 is 2.08 bits per heavy atom. The van der Waals surface area contributed by atoms with Gasteiger partial charge in [0.1, 0.15) is 0 Å². The SMILES string of the molecule is O=C(c1n[nH]c(=O)c2ccccc12)N1CCCC1Cn1cccn1. The molecule has 1 aliphatic heterocycles. The number of likely N-dealkylation sites (tertiary alicyclic amines) is 1. The number of carbonyl (C=O) groups excluding carboxylic acids is 1. The Morgan fingerprint density at radius 1 is 1.25 bits per heavy atom. The van der Waals surface area contributed by atoms with Crippen LogP contribution in [0.5, 0.6) is 0 Å². The predicted molar refractivity (Wildman–Crippen MR) is 88.6 cm³/mol. The van der Waals surface area contributed by atoms with Gasteiger partial charge in [0.25, 0.3) is 11.5 Å². The van der Waals surface area contributed by atoms with Crippen molar-refractivity contribution in [1.82, 2.24) is 24.9 Å². The highest BCUT2D eigenvalue weighted by Crippen LogP contribution is 2.23. The molecule has 0 radical (unpaired) electrons. The second-order valence-electron chi connectivity index (χ2n) is 5.97. The number of hydrogen-bond donors (Lipinski definition) is 1. The van der Waals surface area contributed by atoms with Crippen molar-refractivity contribution in [1.29, 1.82) is 0 Å². The van der Waals surface area contributed by atoms with Crippen molar-refractivity contribution in [3.8, 4) is 0 Å². The van der Waals surface area contributed by atoms with Gasteiger partial charge in [0.15, 0.2) is 5.69 Å². The van der Waals surface area contributed by atoms with Gasteiger partial charge in [-0.25, -0.2) is 5.10 Å². The first-order valence-electron chi connectivity index (χ1n) is 8.00. The molecule has 122 valence electrons. The molecule has 1 aliphatic rings. The highest BCUT2D eigenvalue weighted by Gasteiger charge is 2.31. The van der Waals surface area contributed by atoms with E-state index in [-0.39, 0.29) is 17.5 Å². The Kier molecular flexibility index (Phi) is 3.60. The Hall–Kier alpha value is -2.96. The molecule has 1 aromatic carbocycles. The molecule has 3 heterocycles. The second kappa shape index (κ2) is 5.92. The van der Waals surface area contributed by atoms with E-state index in [1.54, 1.807) is 24.4 Å². The van der Waals surface area contributed by atoms with Crippen LogP contribution in [0.2, 0.25) is 0 Å². The first kappa shape index (κ1) is 14.6. The van der Waals surface area contributed by atoms with E-state index in [9.17, 15) is 9.59 Å². The molecule has 1 unspecified atom stereocenters. The van der Waals surface area contributed by atoms with Crippen LogP contribution < -0.4 is 5.56 Å². The van der Waals surface area contributed by atoms with Crippen LogP contribution in [-0.4, -0.2) is 43.4 Å². The Morgan fingerprint density at radius 3 is 2.88 bits per heavy atom. The quantitative estimate of drug-likeness (QED) is 0.790. The van der Waals surface area contributed by atoms with Crippen molar-refractivity contribution in [3.63, 3.8) is 0 Å². The average Bonchev–Trinajstić information content (AvgIpc) is 3.27. The highest BCUT2D eigenvalue weighted by atomic mass is 16.2. The van der Waals surface area contributed by atoms with Gasteiger partial charge in [-0.05, 0) is 25.0 Å². The van der Waals surface area contributed by atoms with Crippen molar-refractivity contribution >= 4 is 16.7 Å². The number of hydrogen-bond acceptors (Lipinski definition) is 4. The predicted octanol–water partition coefficient (Wildman–Crippen LogP) is 1.42. The zero-order valence-corrected chi connectivity index (χ0v) is 13.1. The molecular weight excluding hydrogens is 306 g/mol. The lowest BCUT2D eigenvalue weighted by Crippen LogP contribution is -2.39. The lowest BCUT2D eigenvalue weighted by Gasteiger charge is -2.24. The van der Waals surface area contributed by atoms with Crippen LogP contribution in [-0.2, 0) is 6.54 Å². The number of H-pyrrole nitrogens is 1. The number of aromatic nitrogens is 4. The van der Waals surface area contributed by atoms with E-state index in [4.69, 9.17) is 0 Å². The summed E-state index contributed by atoms with van der Waals surface area (Å²) in [5.41, 5.74) is 0.0224. The molecule has 0 saturated carbocycles. The van der Waals surface area contributed by atoms with Crippen LogP contribution in [0.4, 0.5) is 0 Å². The topological polar surface area (TPSA) is 83.9 Å². The number of carbonyl (C=O) groups is 1. The molecule has 1 N–H and O–H groups in total. The third-order valence-corrected chi connectivity index (χ3v) is 4.49. The summed E-state index contributed by atoms with van der Waals surface area (Å²) in [4.78, 5) is 26.8. The minimum absolute atomic E-state index is 0.0879. The Bertz CT molecular complexity index is 932. The van der Waals surface area contributed by atoms with Gasteiger partial charge in [0, 0.05) is 24.3 Å². The number of fused-ring (bicyclic) bond motifs is 1. The van der Waals surface area contributed by atoms with Gasteiger partial charge in [-0.2, -0.15) is 10.2 Å². The fourth-order valence-corrected chi connectivity index (χ4v) is 3.33. The van der Waals surface area contributed by atoms with Crippen molar-refractivity contribution in [2.75, 3.05) is 6.54 Å². The standard InChI is InChI=1S/C17H17N5O2/c23-16-14-7-2-1-6-13(14)15(19-20-16)17(24)22-10-3-5-12(22)11-21-9-4-8-18-21/h1-2,4,6-9,12H,3,5,10-11H2,(H,20,23). The van der Waals surface area contributed by atoms with E-state index in [0.717, 1.165) is 12.8 Å². The molecule has 0 spiro atoms. The molecule has 3 aromatic rings. The van der Waals surface area contributed by atoms with Crippen molar-refractivity contribution in [2.45, 2.75) is 25.4 Å². The van der Waals surface area contributed by atoms with Crippen molar-refractivity contribution in [2.24, 2.45) is 0 Å². The summed E-state index contributed by atoms with van der Waals surface area (Å²) in [6.07, 6.45) is 5.53. The first-order chi connectivity index (χ1) is 11.7. The molecule has 1 saturated heterocycles. The number of nitrogens with one attached hydrogen (secondary N) is 1. The maximum atomic E-state index is 13.0. The van der Waals surface area contributed by atoms with Crippen LogP contribution in [0, 0.1) is 0 Å². The lowest BCUT2D eigenvalue weighted by atomic mass is 10.1. The van der Waals surface area contributed by atoms with Crippen molar-refractivity contribution in [3.05, 3.63) is 58.8 Å². The van der Waals surface area contributed by atoms with Crippen LogP contribution >= 0.6 is 0 Å². The maximum Gasteiger partial charge on any atom is 0.275 e. The van der Waals surface area contributed by atoms with E-state index in [2.05, 4.69) is 15.3 Å². The number of benzene rings is 1. The van der Waals surface area contributed by atoms with Gasteiger partial charge in [-0.1, -0.05) is 18.2 Å². The zero-order valence-electron chi connectivity index (χ0n) is 13.1. The van der Waals surface area contributed by atoms with Crippen molar-refractivity contribution < 1.29 is 4.79 Å². The molecule has 1 amide bonds. The average molecular weight is 323 g/mol. The number of amides is 1. The second-order valence-corrected chi connectivity index (χ2v) is 5.97. The summed E-state index contributed by atoms with van der Waals surface area (Å²) in [7, 11) is 0. The van der Waals surface area contributed by atoms with Crippen LogP contribution in [0.1, 0.15) is 23.3 Å². The van der Waals surface area contributed by atoms with Gasteiger partial charge in [0.05, 0.1) is 18.0 Å². The van der Waals surface area contributed by atoms with E-state index < -0.39 is 0 Å². The number of rotatable bonds is 3. The summed E-state index contributed by atoms with van der Waals surface area (Å²) >= 11 is 0. The molecular formula is C17H17N5O2. The normalized spacial score (nSPS) is 17.5. The minimum atomic E-state index is -0.281. The monoisotopic (exact) mass is 323 g/mol. The summed E-state index contributed by atoms with van der Waals surface area (Å²) in [6, 6.07) is 9.03. The van der Waals surface area contributed by atoms with E-state index in [1.165, 1.54) is 0 Å². The van der Waals surface area contributed by atoms with Gasteiger partial charge >= 0.3 is 0 Å². The molecule has 24 heavy (non-hydrogen) atoms. The highest BCUT2D eigenvalue weighted by molar-refractivity contribution is 6.04. The zero-order chi connectivity index (χ0) is 16.5. The third-order valence-electron chi connectivity index (χ3n) is 4.49. The van der Waals surface area contributed by atoms with E-state index in [0.29, 0.717) is 29.6 Å². The maximum absolute atomic E-state index is 13.0. The fraction of sp³-hybridized carbons (Fsp3) is 0.294. The third kappa shape index (κ3) is 2.47. The Labute approximate surface area is 137 Å². The van der Waals surface area contributed by atoms with Gasteiger partial charge in [-0.3, -0.25) is 14.3 Å². The molecule has 0 bridgehead atoms. The summed E-state index contributed by atoms with van der Waals surface area (Å²) in [5, 5.41) is 11.8. The molecule has 2 aromatic heterocycles. The largest absolute Gasteiger partial charge is 0.332 e. The van der Waals surface area contributed by atoms with Gasteiger partial charge in [0.2, 0.25) is 0 Å². The number of nitrogens with zero attached hydrogens (tertiary/aromatic N) is 4. The fourth-order valence-electron chi connectivity index (χ4n) is 3.33. The van der Waals surface area contributed by atoms with Gasteiger partial charge < -0.3 is 4.90 Å². The molecule has 4 rings (SSSR count). The molecule has 1 fully saturated rings. The minimum Gasteiger partial charge on any atom is -0.332 e. The summed E-state index contributed by atoms with van der Waals surface area (Å²) in [6.45, 7) is 1.36. The van der Waals surface area contributed by atoms with E-state index >= 15 is 0 Å². The molecule has 0 aliphatic carbocycles. The number of aromatic amines is 1. The molecule has 7 heteroatoms. The van der Waals surface area contributed by atoms with E-state index in [1.807, 2.05) is 27.9 Å². The summed E-state index contributed by atoms with van der Waals surface area (Å²) < 4.78 is 1.84. The van der Waals surface area contributed by atoms with Crippen LogP contribution in [0.25, 0.3) is 10.8 Å². The van der Waals surface area contributed by atoms with Crippen LogP contribution in [0.3, 0.4) is 0 Å². The Balaban J connectivity index is 1.68. The van der Waals surface area contributed by atoms with Crippen LogP contribution in [0.15, 0.2) is 47.5 Å². The lowest BCUT2D eigenvalue weighted by molar-refractivity contribution is 0.0716. The first-order valence-corrected chi connectivity index (χ1v) is 8.00. The molecule has 7 nitrogen and oxygen atoms in total. The summed E-state index contributed by atoms with van der Waals surface area (Å²) in [5.74, 6) is -0.142.